The van der Waals surface area contributed by atoms with E-state index in [0.717, 1.165) is 45.5 Å². The molecule has 0 aliphatic carbocycles. The van der Waals surface area contributed by atoms with E-state index in [1.807, 2.05) is 54.5 Å². The summed E-state index contributed by atoms with van der Waals surface area (Å²) in [6.45, 7) is 2.96. The molecule has 0 bridgehead atoms. The SMILES string of the molecule is Clc1ccc(CN2CCCC(Sc3cc4ccncc4cc3Cl)C2)c(Cl)c1. The molecule has 6 heteroatoms. The first kappa shape index (κ1) is 19.4. The van der Waals surface area contributed by atoms with Crippen LogP contribution in [-0.2, 0) is 6.54 Å². The lowest BCUT2D eigenvalue weighted by Gasteiger charge is -2.32. The molecule has 0 spiro atoms. The zero-order valence-corrected chi connectivity index (χ0v) is 17.8. The van der Waals surface area contributed by atoms with Gasteiger partial charge < -0.3 is 0 Å². The molecule has 1 atom stereocenters. The molecule has 0 radical (unpaired) electrons. The Hall–Kier alpha value is -0.970. The lowest BCUT2D eigenvalue weighted by molar-refractivity contribution is 0.226. The first-order valence-electron chi connectivity index (χ1n) is 8.95. The smallest absolute Gasteiger partial charge is 0.0548 e. The van der Waals surface area contributed by atoms with Crippen molar-refractivity contribution in [3.05, 3.63) is 69.4 Å². The quantitative estimate of drug-likeness (QED) is 0.439. The van der Waals surface area contributed by atoms with E-state index >= 15 is 0 Å². The molecular formula is C21H19Cl3N2S. The topological polar surface area (TPSA) is 16.1 Å². The van der Waals surface area contributed by atoms with Gasteiger partial charge in [-0.1, -0.05) is 40.9 Å². The summed E-state index contributed by atoms with van der Waals surface area (Å²) in [7, 11) is 0. The van der Waals surface area contributed by atoms with Crippen LogP contribution >= 0.6 is 46.6 Å². The molecule has 3 aromatic rings. The Morgan fingerprint density at radius 1 is 1.04 bits per heavy atom. The second-order valence-corrected chi connectivity index (χ2v) is 9.45. The van der Waals surface area contributed by atoms with Gasteiger partial charge >= 0.3 is 0 Å². The summed E-state index contributed by atoms with van der Waals surface area (Å²) in [4.78, 5) is 7.78. The van der Waals surface area contributed by atoms with Gasteiger partial charge in [-0.05, 0) is 60.7 Å². The minimum Gasteiger partial charge on any atom is -0.298 e. The van der Waals surface area contributed by atoms with E-state index in [-0.39, 0.29) is 0 Å². The zero-order valence-electron chi connectivity index (χ0n) is 14.7. The van der Waals surface area contributed by atoms with Gasteiger partial charge in [-0.2, -0.15) is 0 Å². The van der Waals surface area contributed by atoms with Crippen molar-refractivity contribution in [3.8, 4) is 0 Å². The van der Waals surface area contributed by atoms with Crippen LogP contribution in [0.25, 0.3) is 10.8 Å². The number of pyridine rings is 1. The van der Waals surface area contributed by atoms with Crippen LogP contribution in [0, 0.1) is 0 Å². The summed E-state index contributed by atoms with van der Waals surface area (Å²) >= 11 is 20.8. The number of thioether (sulfide) groups is 1. The number of piperidine rings is 1. The molecule has 1 fully saturated rings. The number of fused-ring (bicyclic) bond motifs is 1. The van der Waals surface area contributed by atoms with Crippen LogP contribution in [0.1, 0.15) is 18.4 Å². The molecule has 1 aliphatic heterocycles. The van der Waals surface area contributed by atoms with Gasteiger partial charge in [0.2, 0.25) is 0 Å². The number of rotatable bonds is 4. The first-order valence-corrected chi connectivity index (χ1v) is 11.0. The summed E-state index contributed by atoms with van der Waals surface area (Å²) in [5, 5.41) is 4.99. The minimum atomic E-state index is 0.515. The van der Waals surface area contributed by atoms with Crippen molar-refractivity contribution >= 4 is 57.3 Å². The highest BCUT2D eigenvalue weighted by molar-refractivity contribution is 8.00. The standard InChI is InChI=1S/C21H19Cl3N2S/c22-17-4-3-15(19(23)10-17)12-26-7-1-2-18(13-26)27-21-9-14-5-6-25-11-16(14)8-20(21)24/h3-6,8-11,18H,1-2,7,12-13H2. The highest BCUT2D eigenvalue weighted by Gasteiger charge is 2.22. The fraction of sp³-hybridized carbons (Fsp3) is 0.286. The summed E-state index contributed by atoms with van der Waals surface area (Å²) in [5.74, 6) is 0. The fourth-order valence-electron chi connectivity index (χ4n) is 3.50. The number of halogens is 3. The van der Waals surface area contributed by atoms with Gasteiger partial charge in [0.25, 0.3) is 0 Å². The second kappa shape index (κ2) is 8.59. The molecule has 1 aliphatic rings. The average Bonchev–Trinajstić information content (AvgIpc) is 2.65. The maximum Gasteiger partial charge on any atom is 0.0548 e. The predicted molar refractivity (Wildman–Crippen MR) is 117 cm³/mol. The van der Waals surface area contributed by atoms with Gasteiger partial charge in [0.15, 0.2) is 0 Å². The van der Waals surface area contributed by atoms with Crippen molar-refractivity contribution in [2.45, 2.75) is 29.5 Å². The third-order valence-corrected chi connectivity index (χ3v) is 7.18. The Morgan fingerprint density at radius 3 is 2.78 bits per heavy atom. The van der Waals surface area contributed by atoms with Gasteiger partial charge in [-0.15, -0.1) is 11.8 Å². The van der Waals surface area contributed by atoms with Gasteiger partial charge in [0, 0.05) is 51.1 Å². The van der Waals surface area contributed by atoms with Gasteiger partial charge in [-0.3, -0.25) is 9.88 Å². The first-order chi connectivity index (χ1) is 13.1. The van der Waals surface area contributed by atoms with Crippen molar-refractivity contribution in [2.75, 3.05) is 13.1 Å². The van der Waals surface area contributed by atoms with Gasteiger partial charge in [0.05, 0.1) is 5.02 Å². The van der Waals surface area contributed by atoms with Crippen LogP contribution in [0.4, 0.5) is 0 Å². The highest BCUT2D eigenvalue weighted by Crippen LogP contribution is 2.37. The van der Waals surface area contributed by atoms with Crippen LogP contribution in [0.5, 0.6) is 0 Å². The molecule has 0 N–H and O–H groups in total. The van der Waals surface area contributed by atoms with Crippen molar-refractivity contribution in [1.29, 1.82) is 0 Å². The Morgan fingerprint density at radius 2 is 1.93 bits per heavy atom. The molecule has 27 heavy (non-hydrogen) atoms. The maximum absolute atomic E-state index is 6.53. The summed E-state index contributed by atoms with van der Waals surface area (Å²) < 4.78 is 0. The molecule has 0 saturated carbocycles. The van der Waals surface area contributed by atoms with Crippen LogP contribution in [0.2, 0.25) is 15.1 Å². The van der Waals surface area contributed by atoms with E-state index in [4.69, 9.17) is 34.8 Å². The van der Waals surface area contributed by atoms with Crippen LogP contribution < -0.4 is 0 Å². The van der Waals surface area contributed by atoms with E-state index in [1.54, 1.807) is 0 Å². The highest BCUT2D eigenvalue weighted by atomic mass is 35.5. The Bertz CT molecular complexity index is 963. The van der Waals surface area contributed by atoms with Crippen LogP contribution in [-0.4, -0.2) is 28.2 Å². The monoisotopic (exact) mass is 436 g/mol. The molecular weight excluding hydrogens is 419 g/mol. The van der Waals surface area contributed by atoms with E-state index in [9.17, 15) is 0 Å². The zero-order chi connectivity index (χ0) is 18.8. The lowest BCUT2D eigenvalue weighted by atomic mass is 10.1. The van der Waals surface area contributed by atoms with Crippen molar-refractivity contribution in [1.82, 2.24) is 9.88 Å². The molecule has 2 nitrogen and oxygen atoms in total. The summed E-state index contributed by atoms with van der Waals surface area (Å²) in [6.07, 6.45) is 6.05. The molecule has 1 saturated heterocycles. The number of nitrogens with zero attached hydrogens (tertiary/aromatic N) is 2. The molecule has 1 unspecified atom stereocenters. The third kappa shape index (κ3) is 4.72. The molecule has 2 aromatic carbocycles. The predicted octanol–water partition coefficient (Wildman–Crippen LogP) is 6.95. The van der Waals surface area contributed by atoms with Crippen LogP contribution in [0.3, 0.4) is 0 Å². The van der Waals surface area contributed by atoms with Crippen LogP contribution in [0.15, 0.2) is 53.7 Å². The number of hydrogen-bond acceptors (Lipinski definition) is 3. The summed E-state index contributed by atoms with van der Waals surface area (Å²) in [6, 6.07) is 12.0. The lowest BCUT2D eigenvalue weighted by Crippen LogP contribution is -2.36. The minimum absolute atomic E-state index is 0.515. The average molecular weight is 438 g/mol. The number of aromatic nitrogens is 1. The Kier molecular flexibility index (Phi) is 6.15. The Balaban J connectivity index is 1.46. The second-order valence-electron chi connectivity index (χ2n) is 6.86. The van der Waals surface area contributed by atoms with E-state index in [1.165, 1.54) is 18.2 Å². The van der Waals surface area contributed by atoms with Gasteiger partial charge in [0.1, 0.15) is 0 Å². The molecule has 0 amide bonds. The fourth-order valence-corrected chi connectivity index (χ4v) is 5.57. The molecule has 140 valence electrons. The Labute approximate surface area is 178 Å². The van der Waals surface area contributed by atoms with E-state index < -0.39 is 0 Å². The van der Waals surface area contributed by atoms with E-state index in [2.05, 4.69) is 16.0 Å². The number of likely N-dealkylation sites (tertiary alicyclic amines) is 1. The molecule has 2 heterocycles. The maximum atomic E-state index is 6.53. The normalized spacial score (nSPS) is 18.1. The van der Waals surface area contributed by atoms with Crippen molar-refractivity contribution in [3.63, 3.8) is 0 Å². The number of hydrogen-bond donors (Lipinski definition) is 0. The van der Waals surface area contributed by atoms with Crippen molar-refractivity contribution < 1.29 is 0 Å². The largest absolute Gasteiger partial charge is 0.298 e. The molecule has 1 aromatic heterocycles. The number of benzene rings is 2. The van der Waals surface area contributed by atoms with Crippen molar-refractivity contribution in [2.24, 2.45) is 0 Å². The third-order valence-electron chi connectivity index (χ3n) is 4.86. The molecule has 4 rings (SSSR count). The van der Waals surface area contributed by atoms with Gasteiger partial charge in [-0.25, -0.2) is 0 Å². The van der Waals surface area contributed by atoms with E-state index in [0.29, 0.717) is 10.3 Å². The summed E-state index contributed by atoms with van der Waals surface area (Å²) in [5.41, 5.74) is 1.13.